The number of benzene rings is 1. The molecule has 4 heteroatoms. The Hall–Kier alpha value is -0.880. The van der Waals surface area contributed by atoms with Crippen LogP contribution in [0.4, 0.5) is 0 Å². The molecule has 0 bridgehead atoms. The third-order valence-corrected chi connectivity index (χ3v) is 4.35. The molecule has 1 aromatic heterocycles. The summed E-state index contributed by atoms with van der Waals surface area (Å²) in [5, 5.41) is 10.3. The van der Waals surface area contributed by atoms with Crippen LogP contribution in [0.25, 0.3) is 0 Å². The molecule has 0 aliphatic heterocycles. The van der Waals surface area contributed by atoms with Gasteiger partial charge < -0.3 is 9.67 Å². The lowest BCUT2D eigenvalue weighted by Crippen LogP contribution is -2.08. The van der Waals surface area contributed by atoms with Gasteiger partial charge in [0.15, 0.2) is 0 Å². The summed E-state index contributed by atoms with van der Waals surface area (Å²) in [4.78, 5) is 4.23. The highest BCUT2D eigenvalue weighted by Gasteiger charge is 2.14. The minimum atomic E-state index is -0.497. The monoisotopic (exact) mass is 342 g/mol. The van der Waals surface area contributed by atoms with E-state index in [2.05, 4.69) is 40.6 Å². The fourth-order valence-corrected chi connectivity index (χ4v) is 2.52. The fourth-order valence-electron chi connectivity index (χ4n) is 1.80. The first-order valence-electron chi connectivity index (χ1n) is 5.49. The molecular weight excluding hydrogens is 327 g/mol. The lowest BCUT2D eigenvalue weighted by atomic mass is 10.0. The number of rotatable bonds is 3. The predicted octanol–water partition coefficient (Wildman–Crippen LogP) is 2.61. The summed E-state index contributed by atoms with van der Waals surface area (Å²) >= 11 is 2.28. The number of aliphatic hydroxyl groups excluding tert-OH is 1. The van der Waals surface area contributed by atoms with E-state index < -0.39 is 6.10 Å². The van der Waals surface area contributed by atoms with Crippen molar-refractivity contribution in [1.82, 2.24) is 9.55 Å². The zero-order chi connectivity index (χ0) is 12.4. The Morgan fingerprint density at radius 2 is 2.24 bits per heavy atom. The van der Waals surface area contributed by atoms with Crippen molar-refractivity contribution in [2.45, 2.75) is 19.4 Å². The van der Waals surface area contributed by atoms with Crippen LogP contribution in [-0.4, -0.2) is 14.7 Å². The van der Waals surface area contributed by atoms with Gasteiger partial charge in [-0.25, -0.2) is 4.98 Å². The molecule has 0 amide bonds. The summed E-state index contributed by atoms with van der Waals surface area (Å²) in [7, 11) is 1.94. The lowest BCUT2D eigenvalue weighted by molar-refractivity contribution is 0.174. The van der Waals surface area contributed by atoms with E-state index in [1.54, 1.807) is 6.20 Å². The molecule has 0 aliphatic rings. The summed E-state index contributed by atoms with van der Waals surface area (Å²) in [5.41, 5.74) is 2.18. The van der Waals surface area contributed by atoms with Crippen molar-refractivity contribution in [3.05, 3.63) is 51.1 Å². The van der Waals surface area contributed by atoms with Crippen LogP contribution in [-0.2, 0) is 13.5 Å². The van der Waals surface area contributed by atoms with Crippen LogP contribution in [0.1, 0.15) is 23.1 Å². The van der Waals surface area contributed by atoms with Crippen LogP contribution in [0.15, 0.2) is 30.6 Å². The van der Waals surface area contributed by atoms with Crippen LogP contribution < -0.4 is 0 Å². The minimum absolute atomic E-state index is 0.497. The molecule has 1 N–H and O–H groups in total. The van der Waals surface area contributed by atoms with Gasteiger partial charge in [-0.05, 0) is 40.6 Å². The molecule has 1 heterocycles. The number of hydrogen-bond donors (Lipinski definition) is 1. The van der Waals surface area contributed by atoms with E-state index in [1.165, 1.54) is 5.56 Å². The molecule has 3 nitrogen and oxygen atoms in total. The van der Waals surface area contributed by atoms with Crippen LogP contribution in [0, 0.1) is 10.5 Å². The van der Waals surface area contributed by atoms with Gasteiger partial charge in [-0.2, -0.15) is 0 Å². The number of aliphatic hydroxyl groups is 1. The van der Waals surface area contributed by atoms with Crippen molar-refractivity contribution >= 4 is 22.6 Å². The zero-order valence-corrected chi connectivity index (χ0v) is 12.0. The standard InChI is InChI=1S/C13H15IN2O/c1-9-4-3-5-10(13(9)14)11(17)8-12-15-6-7-16(12)2/h3-7,11,17H,8H2,1-2H3. The Morgan fingerprint density at radius 3 is 2.88 bits per heavy atom. The van der Waals surface area contributed by atoms with Gasteiger partial charge in [0.1, 0.15) is 5.82 Å². The number of aryl methyl sites for hydroxylation is 2. The van der Waals surface area contributed by atoms with Crippen molar-refractivity contribution in [1.29, 1.82) is 0 Å². The van der Waals surface area contributed by atoms with Crippen LogP contribution in [0.3, 0.4) is 0 Å². The smallest absolute Gasteiger partial charge is 0.111 e. The maximum absolute atomic E-state index is 10.3. The summed E-state index contributed by atoms with van der Waals surface area (Å²) in [6.07, 6.45) is 3.69. The average molecular weight is 342 g/mol. The minimum Gasteiger partial charge on any atom is -0.388 e. The Balaban J connectivity index is 2.23. The van der Waals surface area contributed by atoms with Crippen LogP contribution >= 0.6 is 22.6 Å². The number of aromatic nitrogens is 2. The topological polar surface area (TPSA) is 38.1 Å². The van der Waals surface area contributed by atoms with E-state index in [-0.39, 0.29) is 0 Å². The van der Waals surface area contributed by atoms with Crippen molar-refractivity contribution < 1.29 is 5.11 Å². The molecule has 0 spiro atoms. The van der Waals surface area contributed by atoms with E-state index in [9.17, 15) is 5.11 Å². The van der Waals surface area contributed by atoms with Gasteiger partial charge in [-0.3, -0.25) is 0 Å². The molecule has 90 valence electrons. The maximum Gasteiger partial charge on any atom is 0.111 e. The van der Waals surface area contributed by atoms with E-state index in [4.69, 9.17) is 0 Å². The maximum atomic E-state index is 10.3. The second-order valence-corrected chi connectivity index (χ2v) is 5.23. The highest BCUT2D eigenvalue weighted by molar-refractivity contribution is 14.1. The summed E-state index contributed by atoms with van der Waals surface area (Å²) in [6.45, 7) is 2.05. The Kier molecular flexibility index (Phi) is 3.83. The molecule has 1 unspecified atom stereocenters. The highest BCUT2D eigenvalue weighted by atomic mass is 127. The quantitative estimate of drug-likeness (QED) is 0.871. The number of nitrogens with zero attached hydrogens (tertiary/aromatic N) is 2. The first-order valence-corrected chi connectivity index (χ1v) is 6.56. The molecule has 1 atom stereocenters. The first-order chi connectivity index (χ1) is 8.09. The normalized spacial score (nSPS) is 12.7. The fraction of sp³-hybridized carbons (Fsp3) is 0.308. The van der Waals surface area contributed by atoms with Crippen LogP contribution in [0.5, 0.6) is 0 Å². The van der Waals surface area contributed by atoms with E-state index in [0.29, 0.717) is 6.42 Å². The molecule has 1 aromatic carbocycles. The van der Waals surface area contributed by atoms with Gasteiger partial charge in [0.05, 0.1) is 6.10 Å². The van der Waals surface area contributed by atoms with Gasteiger partial charge >= 0.3 is 0 Å². The van der Waals surface area contributed by atoms with Crippen molar-refractivity contribution in [3.8, 4) is 0 Å². The average Bonchev–Trinajstić information content (AvgIpc) is 2.68. The molecule has 2 rings (SSSR count). The van der Waals surface area contributed by atoms with E-state index in [0.717, 1.165) is 15.0 Å². The lowest BCUT2D eigenvalue weighted by Gasteiger charge is -2.14. The Bertz CT molecular complexity index is 522. The van der Waals surface area contributed by atoms with Crippen molar-refractivity contribution in [2.75, 3.05) is 0 Å². The largest absolute Gasteiger partial charge is 0.388 e. The Labute approximate surface area is 115 Å². The molecular formula is C13H15IN2O. The second kappa shape index (κ2) is 5.18. The van der Waals surface area contributed by atoms with Crippen molar-refractivity contribution in [3.63, 3.8) is 0 Å². The molecule has 0 aliphatic carbocycles. The molecule has 0 fully saturated rings. The van der Waals surface area contributed by atoms with Gasteiger partial charge in [-0.15, -0.1) is 0 Å². The van der Waals surface area contributed by atoms with Gasteiger partial charge in [-0.1, -0.05) is 18.2 Å². The van der Waals surface area contributed by atoms with Gasteiger partial charge in [0.2, 0.25) is 0 Å². The predicted molar refractivity (Wildman–Crippen MR) is 75.8 cm³/mol. The molecule has 0 saturated carbocycles. The van der Waals surface area contributed by atoms with Crippen LogP contribution in [0.2, 0.25) is 0 Å². The van der Waals surface area contributed by atoms with Crippen molar-refractivity contribution in [2.24, 2.45) is 7.05 Å². The van der Waals surface area contributed by atoms with E-state index >= 15 is 0 Å². The third-order valence-electron chi connectivity index (χ3n) is 2.88. The molecule has 0 saturated heterocycles. The third kappa shape index (κ3) is 2.69. The summed E-state index contributed by atoms with van der Waals surface area (Å²) < 4.78 is 3.07. The zero-order valence-electron chi connectivity index (χ0n) is 9.89. The molecule has 17 heavy (non-hydrogen) atoms. The second-order valence-electron chi connectivity index (χ2n) is 4.15. The highest BCUT2D eigenvalue weighted by Crippen LogP contribution is 2.25. The summed E-state index contributed by atoms with van der Waals surface area (Å²) in [6, 6.07) is 6.01. The van der Waals surface area contributed by atoms with Gasteiger partial charge in [0.25, 0.3) is 0 Å². The number of halogens is 1. The van der Waals surface area contributed by atoms with Gasteiger partial charge in [0, 0.05) is 29.4 Å². The van der Waals surface area contributed by atoms with E-state index in [1.807, 2.05) is 29.9 Å². The first kappa shape index (κ1) is 12.6. The Morgan fingerprint density at radius 1 is 1.47 bits per heavy atom. The SMILES string of the molecule is Cc1cccc(C(O)Cc2nccn2C)c1I. The number of imidazole rings is 1. The summed E-state index contributed by atoms with van der Waals surface area (Å²) in [5.74, 6) is 0.898. The number of hydrogen-bond acceptors (Lipinski definition) is 2. The molecule has 0 radical (unpaired) electrons. The molecule has 2 aromatic rings.